The van der Waals surface area contributed by atoms with Crippen LogP contribution in [0, 0.1) is 0 Å². The van der Waals surface area contributed by atoms with Crippen molar-refractivity contribution in [2.75, 3.05) is 23.7 Å². The summed E-state index contributed by atoms with van der Waals surface area (Å²) < 4.78 is 34.8. The Labute approximate surface area is 259 Å². The third-order valence-corrected chi connectivity index (χ3v) is 10.2. The number of carbonyl (C=O) groups excluding carboxylic acids is 2. The summed E-state index contributed by atoms with van der Waals surface area (Å²) in [6, 6.07) is 21.9. The molecule has 4 rings (SSSR count). The van der Waals surface area contributed by atoms with Gasteiger partial charge in [0.15, 0.2) is 0 Å². The second-order valence-corrected chi connectivity index (χ2v) is 13.4. The third-order valence-electron chi connectivity index (χ3n) is 7.68. The molecule has 1 aliphatic carbocycles. The zero-order valence-electron chi connectivity index (χ0n) is 25.1. The van der Waals surface area contributed by atoms with Crippen molar-refractivity contribution in [1.82, 2.24) is 10.2 Å². The van der Waals surface area contributed by atoms with Crippen molar-refractivity contribution in [3.63, 3.8) is 0 Å². The van der Waals surface area contributed by atoms with Crippen molar-refractivity contribution in [1.29, 1.82) is 0 Å². The molecule has 0 bridgehead atoms. The molecule has 0 aliphatic heterocycles. The molecule has 0 saturated heterocycles. The molecule has 0 radical (unpaired) electrons. The Hall–Kier alpha value is -3.50. The summed E-state index contributed by atoms with van der Waals surface area (Å²) in [5.41, 5.74) is 1.17. The van der Waals surface area contributed by atoms with Crippen LogP contribution in [0.1, 0.15) is 51.5 Å². The fourth-order valence-electron chi connectivity index (χ4n) is 5.21. The van der Waals surface area contributed by atoms with Crippen LogP contribution in [0.5, 0.6) is 5.75 Å². The number of amides is 2. The molecule has 43 heavy (non-hydrogen) atoms. The van der Waals surface area contributed by atoms with Gasteiger partial charge in [-0.2, -0.15) is 0 Å². The average Bonchev–Trinajstić information content (AvgIpc) is 3.03. The summed E-state index contributed by atoms with van der Waals surface area (Å²) in [6.07, 6.45) is 7.06. The van der Waals surface area contributed by atoms with Crippen LogP contribution in [0.4, 0.5) is 5.69 Å². The van der Waals surface area contributed by atoms with Crippen molar-refractivity contribution in [2.24, 2.45) is 0 Å². The standard InChI is InChI=1S/C33H41N3O5S2/c1-4-41-29-17-15-28(16-18-29)36(43(39,40)31-21-19-30(42-3)20-22-31)24-32(37)35(23-26-11-7-5-8-12-26)25(2)33(38)34-27-13-9-6-10-14-27/h5,7-8,11-12,15-22,25,27H,4,6,9-10,13-14,23-24H2,1-3H3,(H,34,38)/t25-/m0/s1. The van der Waals surface area contributed by atoms with E-state index in [9.17, 15) is 18.0 Å². The van der Waals surface area contributed by atoms with E-state index in [0.29, 0.717) is 18.0 Å². The number of benzene rings is 3. The number of ether oxygens (including phenoxy) is 1. The molecule has 1 atom stereocenters. The average molecular weight is 624 g/mol. The molecule has 0 aromatic heterocycles. The second-order valence-electron chi connectivity index (χ2n) is 10.6. The van der Waals surface area contributed by atoms with Gasteiger partial charge >= 0.3 is 0 Å². The van der Waals surface area contributed by atoms with E-state index in [1.165, 1.54) is 16.7 Å². The predicted octanol–water partition coefficient (Wildman–Crippen LogP) is 5.87. The highest BCUT2D eigenvalue weighted by Crippen LogP contribution is 2.28. The molecule has 230 valence electrons. The zero-order valence-corrected chi connectivity index (χ0v) is 26.7. The van der Waals surface area contributed by atoms with E-state index in [2.05, 4.69) is 5.32 Å². The van der Waals surface area contributed by atoms with Gasteiger partial charge in [0.2, 0.25) is 11.8 Å². The van der Waals surface area contributed by atoms with E-state index in [4.69, 9.17) is 4.74 Å². The van der Waals surface area contributed by atoms with Crippen LogP contribution in [-0.4, -0.2) is 56.6 Å². The zero-order chi connectivity index (χ0) is 30.8. The summed E-state index contributed by atoms with van der Waals surface area (Å²) in [4.78, 5) is 30.0. The Bertz CT molecular complexity index is 1440. The van der Waals surface area contributed by atoms with E-state index in [1.807, 2.05) is 43.5 Å². The fourth-order valence-corrected chi connectivity index (χ4v) is 7.03. The smallest absolute Gasteiger partial charge is 0.264 e. The largest absolute Gasteiger partial charge is 0.494 e. The van der Waals surface area contributed by atoms with Gasteiger partial charge in [-0.25, -0.2) is 8.42 Å². The lowest BCUT2D eigenvalue weighted by atomic mass is 9.95. The predicted molar refractivity (Wildman–Crippen MR) is 172 cm³/mol. The fraction of sp³-hybridized carbons (Fsp3) is 0.394. The maximum Gasteiger partial charge on any atom is 0.264 e. The van der Waals surface area contributed by atoms with Crippen molar-refractivity contribution in [2.45, 2.75) is 74.4 Å². The van der Waals surface area contributed by atoms with Crippen molar-refractivity contribution >= 4 is 39.3 Å². The number of hydrogen-bond donors (Lipinski definition) is 1. The van der Waals surface area contributed by atoms with Crippen LogP contribution >= 0.6 is 11.8 Å². The number of anilines is 1. The highest BCUT2D eigenvalue weighted by molar-refractivity contribution is 7.98. The first-order valence-electron chi connectivity index (χ1n) is 14.8. The van der Waals surface area contributed by atoms with Crippen molar-refractivity contribution in [3.05, 3.63) is 84.4 Å². The number of nitrogens with zero attached hydrogens (tertiary/aromatic N) is 2. The van der Waals surface area contributed by atoms with Gasteiger partial charge in [-0.15, -0.1) is 11.8 Å². The van der Waals surface area contributed by atoms with Gasteiger partial charge in [-0.3, -0.25) is 13.9 Å². The van der Waals surface area contributed by atoms with Crippen LogP contribution in [0.3, 0.4) is 0 Å². The van der Waals surface area contributed by atoms with E-state index >= 15 is 0 Å². The van der Waals surface area contributed by atoms with E-state index < -0.39 is 28.5 Å². The van der Waals surface area contributed by atoms with Crippen LogP contribution in [-0.2, 0) is 26.2 Å². The molecule has 0 heterocycles. The summed E-state index contributed by atoms with van der Waals surface area (Å²) >= 11 is 1.51. The number of carbonyl (C=O) groups is 2. The number of nitrogens with one attached hydrogen (secondary N) is 1. The molecular formula is C33H41N3O5S2. The summed E-state index contributed by atoms with van der Waals surface area (Å²) in [5, 5.41) is 3.13. The van der Waals surface area contributed by atoms with Crippen LogP contribution in [0.25, 0.3) is 0 Å². The van der Waals surface area contributed by atoms with Crippen molar-refractivity contribution in [3.8, 4) is 5.75 Å². The number of thioether (sulfide) groups is 1. The minimum absolute atomic E-state index is 0.0738. The molecule has 3 aromatic carbocycles. The molecule has 2 amide bonds. The second kappa shape index (κ2) is 15.3. The Morgan fingerprint density at radius 3 is 2.21 bits per heavy atom. The Morgan fingerprint density at radius 2 is 1.60 bits per heavy atom. The van der Waals surface area contributed by atoms with Gasteiger partial charge in [0.05, 0.1) is 17.2 Å². The summed E-state index contributed by atoms with van der Waals surface area (Å²) in [7, 11) is -4.14. The molecule has 1 N–H and O–H groups in total. The Kier molecular flexibility index (Phi) is 11.5. The molecular weight excluding hydrogens is 583 g/mol. The Morgan fingerprint density at radius 1 is 0.953 bits per heavy atom. The first-order valence-corrected chi connectivity index (χ1v) is 17.4. The molecule has 1 saturated carbocycles. The van der Waals surface area contributed by atoms with Crippen LogP contribution in [0.2, 0.25) is 0 Å². The van der Waals surface area contributed by atoms with Gasteiger partial charge in [-0.05, 0) is 87.0 Å². The monoisotopic (exact) mass is 623 g/mol. The van der Waals surface area contributed by atoms with Gasteiger partial charge < -0.3 is 15.0 Å². The highest BCUT2D eigenvalue weighted by atomic mass is 32.2. The molecule has 8 nitrogen and oxygen atoms in total. The lowest BCUT2D eigenvalue weighted by Gasteiger charge is -2.33. The van der Waals surface area contributed by atoms with Gasteiger partial charge in [-0.1, -0.05) is 49.6 Å². The van der Waals surface area contributed by atoms with Crippen LogP contribution < -0.4 is 14.4 Å². The molecule has 1 aliphatic rings. The third kappa shape index (κ3) is 8.54. The number of hydrogen-bond acceptors (Lipinski definition) is 6. The molecule has 1 fully saturated rings. The molecule has 0 unspecified atom stereocenters. The lowest BCUT2D eigenvalue weighted by molar-refractivity contribution is -0.139. The van der Waals surface area contributed by atoms with E-state index in [1.54, 1.807) is 55.5 Å². The quantitative estimate of drug-likeness (QED) is 0.240. The van der Waals surface area contributed by atoms with Gasteiger partial charge in [0.1, 0.15) is 18.3 Å². The minimum Gasteiger partial charge on any atom is -0.494 e. The van der Waals surface area contributed by atoms with Gasteiger partial charge in [0, 0.05) is 17.5 Å². The molecule has 10 heteroatoms. The van der Waals surface area contributed by atoms with Crippen molar-refractivity contribution < 1.29 is 22.7 Å². The minimum atomic E-state index is -4.14. The molecule has 0 spiro atoms. The van der Waals surface area contributed by atoms with Crippen LogP contribution in [0.15, 0.2) is 88.7 Å². The normalized spacial score (nSPS) is 14.5. The first kappa shape index (κ1) is 32.4. The molecule has 3 aromatic rings. The number of rotatable bonds is 13. The summed E-state index contributed by atoms with van der Waals surface area (Å²) in [5.74, 6) is -0.120. The van der Waals surface area contributed by atoms with Gasteiger partial charge in [0.25, 0.3) is 10.0 Å². The Balaban J connectivity index is 1.67. The first-order chi connectivity index (χ1) is 20.7. The maximum absolute atomic E-state index is 14.1. The summed E-state index contributed by atoms with van der Waals surface area (Å²) in [6.45, 7) is 3.73. The van der Waals surface area contributed by atoms with E-state index in [-0.39, 0.29) is 23.4 Å². The number of sulfonamides is 1. The lowest BCUT2D eigenvalue weighted by Crippen LogP contribution is -2.53. The topological polar surface area (TPSA) is 96.0 Å². The van der Waals surface area contributed by atoms with E-state index in [0.717, 1.165) is 46.9 Å². The maximum atomic E-state index is 14.1. The highest BCUT2D eigenvalue weighted by Gasteiger charge is 2.33. The SMILES string of the molecule is CCOc1ccc(N(CC(=O)N(Cc2ccccc2)[C@@H](C)C(=O)NC2CCCCC2)S(=O)(=O)c2ccc(SC)cc2)cc1.